The lowest BCUT2D eigenvalue weighted by Crippen LogP contribution is -2.34. The zero-order chi connectivity index (χ0) is 10.7. The number of anilines is 1. The Bertz CT molecular complexity index is 365. The van der Waals surface area contributed by atoms with E-state index < -0.39 is 6.03 Å². The van der Waals surface area contributed by atoms with Crippen LogP contribution in [0.15, 0.2) is 12.1 Å². The van der Waals surface area contributed by atoms with Gasteiger partial charge in [0.05, 0.1) is 10.7 Å². The molecule has 0 aromatic heterocycles. The summed E-state index contributed by atoms with van der Waals surface area (Å²) in [5.74, 6) is 4.93. The van der Waals surface area contributed by atoms with Gasteiger partial charge in [-0.25, -0.2) is 10.6 Å². The third-order valence-electron chi connectivity index (χ3n) is 2.04. The lowest BCUT2D eigenvalue weighted by molar-refractivity contribution is 0.252. The van der Waals surface area contributed by atoms with Crippen LogP contribution < -0.4 is 16.6 Å². The van der Waals surface area contributed by atoms with Crippen molar-refractivity contribution in [1.82, 2.24) is 5.43 Å². The monoisotopic (exact) mass is 213 g/mol. The van der Waals surface area contributed by atoms with Crippen LogP contribution in [0.1, 0.15) is 11.1 Å². The maximum absolute atomic E-state index is 10.9. The van der Waals surface area contributed by atoms with Crippen LogP contribution in [0.2, 0.25) is 5.02 Å². The molecule has 1 rings (SSSR count). The number of aryl methyl sites for hydroxylation is 1. The smallest absolute Gasteiger partial charge is 0.305 e. The van der Waals surface area contributed by atoms with E-state index in [2.05, 4.69) is 5.32 Å². The summed E-state index contributed by atoms with van der Waals surface area (Å²) in [6.45, 7) is 3.84. The Balaban J connectivity index is 3.00. The van der Waals surface area contributed by atoms with Gasteiger partial charge in [0.25, 0.3) is 0 Å². The molecule has 1 aromatic carbocycles. The molecule has 5 heteroatoms. The Morgan fingerprint density at radius 3 is 2.64 bits per heavy atom. The highest BCUT2D eigenvalue weighted by Crippen LogP contribution is 2.27. The molecule has 2 amide bonds. The quantitative estimate of drug-likeness (QED) is 0.379. The topological polar surface area (TPSA) is 67.2 Å². The number of hydrogen-bond donors (Lipinski definition) is 3. The third-order valence-corrected chi connectivity index (χ3v) is 2.52. The number of hydrazine groups is 1. The van der Waals surface area contributed by atoms with Crippen LogP contribution in [0.4, 0.5) is 10.5 Å². The minimum absolute atomic E-state index is 0.491. The van der Waals surface area contributed by atoms with Gasteiger partial charge in [-0.15, -0.1) is 0 Å². The molecule has 0 unspecified atom stereocenters. The molecule has 0 aliphatic heterocycles. The second kappa shape index (κ2) is 4.30. The summed E-state index contributed by atoms with van der Waals surface area (Å²) in [5.41, 5.74) is 4.54. The molecule has 0 radical (unpaired) electrons. The number of carbonyl (C=O) groups is 1. The summed E-state index contributed by atoms with van der Waals surface area (Å²) in [5, 5.41) is 3.06. The molecule has 0 saturated heterocycles. The molecule has 14 heavy (non-hydrogen) atoms. The van der Waals surface area contributed by atoms with Crippen LogP contribution >= 0.6 is 11.6 Å². The fraction of sp³-hybridized carbons (Fsp3) is 0.222. The van der Waals surface area contributed by atoms with Crippen molar-refractivity contribution in [2.45, 2.75) is 13.8 Å². The van der Waals surface area contributed by atoms with Crippen LogP contribution in [-0.2, 0) is 0 Å². The number of nitrogens with two attached hydrogens (primary N) is 1. The van der Waals surface area contributed by atoms with E-state index >= 15 is 0 Å². The van der Waals surface area contributed by atoms with E-state index in [1.54, 1.807) is 6.07 Å². The zero-order valence-electron chi connectivity index (χ0n) is 8.02. The summed E-state index contributed by atoms with van der Waals surface area (Å²) in [4.78, 5) is 10.9. The van der Waals surface area contributed by atoms with Crippen LogP contribution in [0.3, 0.4) is 0 Å². The van der Waals surface area contributed by atoms with Gasteiger partial charge in [-0.05, 0) is 31.0 Å². The molecule has 0 aliphatic carbocycles. The molecule has 0 atom stereocenters. The van der Waals surface area contributed by atoms with Crippen molar-refractivity contribution in [3.8, 4) is 0 Å². The van der Waals surface area contributed by atoms with Crippen LogP contribution in [0.25, 0.3) is 0 Å². The zero-order valence-corrected chi connectivity index (χ0v) is 8.77. The normalized spacial score (nSPS) is 9.71. The molecule has 0 bridgehead atoms. The van der Waals surface area contributed by atoms with E-state index in [1.165, 1.54) is 0 Å². The average Bonchev–Trinajstić information content (AvgIpc) is 2.19. The van der Waals surface area contributed by atoms with Gasteiger partial charge in [0.2, 0.25) is 0 Å². The number of amides is 2. The molecule has 0 aliphatic rings. The first kappa shape index (κ1) is 10.8. The minimum atomic E-state index is -0.491. The highest BCUT2D eigenvalue weighted by molar-refractivity contribution is 6.34. The van der Waals surface area contributed by atoms with Crippen molar-refractivity contribution in [2.75, 3.05) is 5.32 Å². The largest absolute Gasteiger partial charge is 0.333 e. The Labute approximate surface area is 87.4 Å². The number of rotatable bonds is 1. The van der Waals surface area contributed by atoms with Gasteiger partial charge in [0.15, 0.2) is 0 Å². The molecule has 0 fully saturated rings. The standard InChI is InChI=1S/C9H12ClN3O/c1-5-3-4-7(8(10)6(5)2)12-9(14)13-11/h3-4H,11H2,1-2H3,(H2,12,13,14). The number of carbonyl (C=O) groups excluding carboxylic acids is 1. The van der Waals surface area contributed by atoms with E-state index in [0.29, 0.717) is 10.7 Å². The molecular formula is C9H12ClN3O. The van der Waals surface area contributed by atoms with E-state index in [0.717, 1.165) is 11.1 Å². The Hall–Kier alpha value is -1.26. The highest BCUT2D eigenvalue weighted by atomic mass is 35.5. The van der Waals surface area contributed by atoms with Crippen LogP contribution in [0.5, 0.6) is 0 Å². The van der Waals surface area contributed by atoms with Crippen LogP contribution in [0, 0.1) is 13.8 Å². The van der Waals surface area contributed by atoms with E-state index in [4.69, 9.17) is 17.4 Å². The van der Waals surface area contributed by atoms with Crippen molar-refractivity contribution >= 4 is 23.3 Å². The fourth-order valence-electron chi connectivity index (χ4n) is 1.04. The summed E-state index contributed by atoms with van der Waals surface area (Å²) < 4.78 is 0. The number of hydrogen-bond acceptors (Lipinski definition) is 2. The molecule has 0 heterocycles. The molecule has 1 aromatic rings. The van der Waals surface area contributed by atoms with Gasteiger partial charge in [-0.2, -0.15) is 0 Å². The number of halogens is 1. The third kappa shape index (κ3) is 2.16. The molecule has 4 N–H and O–H groups in total. The maximum Gasteiger partial charge on any atom is 0.333 e. The Morgan fingerprint density at radius 1 is 1.43 bits per heavy atom. The summed E-state index contributed by atoms with van der Waals surface area (Å²) in [6, 6.07) is 3.13. The van der Waals surface area contributed by atoms with Crippen molar-refractivity contribution in [2.24, 2.45) is 5.84 Å². The van der Waals surface area contributed by atoms with Gasteiger partial charge in [-0.1, -0.05) is 17.7 Å². The predicted octanol–water partition coefficient (Wildman–Crippen LogP) is 1.95. The Morgan fingerprint density at radius 2 is 2.07 bits per heavy atom. The molecular weight excluding hydrogens is 202 g/mol. The first-order valence-corrected chi connectivity index (χ1v) is 4.47. The predicted molar refractivity (Wildman–Crippen MR) is 57.3 cm³/mol. The van der Waals surface area contributed by atoms with Gasteiger partial charge in [0, 0.05) is 0 Å². The fourth-order valence-corrected chi connectivity index (χ4v) is 1.30. The summed E-state index contributed by atoms with van der Waals surface area (Å²) in [6.07, 6.45) is 0. The van der Waals surface area contributed by atoms with E-state index in [9.17, 15) is 4.79 Å². The molecule has 76 valence electrons. The van der Waals surface area contributed by atoms with Gasteiger partial charge >= 0.3 is 6.03 Å². The number of nitrogens with one attached hydrogen (secondary N) is 2. The van der Waals surface area contributed by atoms with Crippen LogP contribution in [-0.4, -0.2) is 6.03 Å². The molecule has 4 nitrogen and oxygen atoms in total. The maximum atomic E-state index is 10.9. The summed E-state index contributed by atoms with van der Waals surface area (Å²) in [7, 11) is 0. The first-order valence-electron chi connectivity index (χ1n) is 4.09. The molecule has 0 saturated carbocycles. The Kier molecular flexibility index (Phi) is 3.33. The van der Waals surface area contributed by atoms with Crippen molar-refractivity contribution in [3.05, 3.63) is 28.3 Å². The molecule has 0 spiro atoms. The number of benzene rings is 1. The van der Waals surface area contributed by atoms with Gasteiger partial charge < -0.3 is 5.32 Å². The van der Waals surface area contributed by atoms with Crippen molar-refractivity contribution in [3.63, 3.8) is 0 Å². The second-order valence-electron chi connectivity index (χ2n) is 2.97. The van der Waals surface area contributed by atoms with Crippen molar-refractivity contribution in [1.29, 1.82) is 0 Å². The minimum Gasteiger partial charge on any atom is -0.305 e. The lowest BCUT2D eigenvalue weighted by Gasteiger charge is -2.10. The van der Waals surface area contributed by atoms with E-state index in [-0.39, 0.29) is 0 Å². The second-order valence-corrected chi connectivity index (χ2v) is 3.35. The van der Waals surface area contributed by atoms with E-state index in [1.807, 2.05) is 25.3 Å². The highest BCUT2D eigenvalue weighted by Gasteiger charge is 2.07. The average molecular weight is 214 g/mol. The SMILES string of the molecule is Cc1ccc(NC(=O)NN)c(Cl)c1C. The van der Waals surface area contributed by atoms with Crippen molar-refractivity contribution < 1.29 is 4.79 Å². The number of urea groups is 1. The summed E-state index contributed by atoms with van der Waals surface area (Å²) >= 11 is 6.02. The lowest BCUT2D eigenvalue weighted by atomic mass is 10.1. The van der Waals surface area contributed by atoms with Gasteiger partial charge in [0.1, 0.15) is 0 Å². The van der Waals surface area contributed by atoms with Gasteiger partial charge in [-0.3, -0.25) is 5.43 Å². The first-order chi connectivity index (χ1) is 6.56.